The summed E-state index contributed by atoms with van der Waals surface area (Å²) in [5.74, 6) is -4.03. The van der Waals surface area contributed by atoms with E-state index in [1.54, 1.807) is 0 Å². The Labute approximate surface area is 186 Å². The summed E-state index contributed by atoms with van der Waals surface area (Å²) in [7, 11) is 0. The van der Waals surface area contributed by atoms with Crippen LogP contribution in [-0.4, -0.2) is 70.9 Å². The second-order valence-corrected chi connectivity index (χ2v) is 8.29. The number of nitrogens with one attached hydrogen (secondary N) is 1. The minimum Gasteiger partial charge on any atom is -0.463 e. The molecule has 0 aromatic rings. The van der Waals surface area contributed by atoms with Crippen LogP contribution < -0.4 is 0 Å². The van der Waals surface area contributed by atoms with Crippen molar-refractivity contribution in [2.45, 2.75) is 62.2 Å². The van der Waals surface area contributed by atoms with Gasteiger partial charge in [0.15, 0.2) is 12.2 Å². The van der Waals surface area contributed by atoms with Crippen molar-refractivity contribution in [3.05, 3.63) is 0 Å². The Kier molecular flexibility index (Phi) is 9.60. The maximum Gasteiger partial charge on any atom is 0.303 e. The van der Waals surface area contributed by atoms with Crippen molar-refractivity contribution in [2.24, 2.45) is 0 Å². The van der Waals surface area contributed by atoms with E-state index in [4.69, 9.17) is 68.6 Å². The van der Waals surface area contributed by atoms with Crippen LogP contribution in [-0.2, 0) is 47.6 Å². The van der Waals surface area contributed by atoms with Crippen molar-refractivity contribution in [1.29, 1.82) is 5.41 Å². The van der Waals surface area contributed by atoms with Crippen molar-refractivity contribution >= 4 is 64.6 Å². The fourth-order valence-corrected chi connectivity index (χ4v) is 2.60. The van der Waals surface area contributed by atoms with Crippen LogP contribution in [0.4, 0.5) is 0 Å². The molecule has 0 spiro atoms. The van der Waals surface area contributed by atoms with Crippen molar-refractivity contribution in [2.75, 3.05) is 6.61 Å². The van der Waals surface area contributed by atoms with Gasteiger partial charge in [-0.1, -0.05) is 34.8 Å². The summed E-state index contributed by atoms with van der Waals surface area (Å²) in [5.41, 5.74) is 0. The van der Waals surface area contributed by atoms with Crippen LogP contribution in [0.1, 0.15) is 27.7 Å². The first-order valence-electron chi connectivity index (χ1n) is 8.35. The first kappa shape index (κ1) is 26.2. The highest BCUT2D eigenvalue weighted by molar-refractivity contribution is 6.76. The largest absolute Gasteiger partial charge is 0.463 e. The summed E-state index contributed by atoms with van der Waals surface area (Å²) >= 11 is 16.8. The third kappa shape index (κ3) is 8.13. The summed E-state index contributed by atoms with van der Waals surface area (Å²) in [4.78, 5) is 46.1. The Morgan fingerprint density at radius 1 is 0.800 bits per heavy atom. The first-order valence-corrected chi connectivity index (χ1v) is 9.48. The van der Waals surface area contributed by atoms with Gasteiger partial charge in [0.05, 0.1) is 0 Å². The molecule has 0 aromatic heterocycles. The van der Waals surface area contributed by atoms with Gasteiger partial charge in [0.1, 0.15) is 12.7 Å². The smallest absolute Gasteiger partial charge is 0.303 e. The van der Waals surface area contributed by atoms with Gasteiger partial charge in [0, 0.05) is 27.7 Å². The van der Waals surface area contributed by atoms with E-state index >= 15 is 0 Å². The van der Waals surface area contributed by atoms with Gasteiger partial charge in [-0.25, -0.2) is 0 Å². The Morgan fingerprint density at radius 3 is 1.70 bits per heavy atom. The summed E-state index contributed by atoms with van der Waals surface area (Å²) < 4.78 is 28.9. The number of carbonyl (C=O) groups excluding carboxylic acids is 4. The average molecular weight is 497 g/mol. The Morgan fingerprint density at radius 2 is 1.27 bits per heavy atom. The van der Waals surface area contributed by atoms with Gasteiger partial charge >= 0.3 is 23.9 Å². The van der Waals surface area contributed by atoms with Gasteiger partial charge in [-0.2, -0.15) is 0 Å². The first-order chi connectivity index (χ1) is 13.7. The quantitative estimate of drug-likeness (QED) is 0.143. The fourth-order valence-electron chi connectivity index (χ4n) is 2.47. The predicted molar refractivity (Wildman–Crippen MR) is 101 cm³/mol. The summed E-state index contributed by atoms with van der Waals surface area (Å²) in [6.45, 7) is 3.86. The molecular weight excluding hydrogens is 477 g/mol. The third-order valence-electron chi connectivity index (χ3n) is 3.44. The van der Waals surface area contributed by atoms with Crippen LogP contribution in [0.15, 0.2) is 0 Å². The van der Waals surface area contributed by atoms with Crippen molar-refractivity contribution < 1.29 is 47.6 Å². The van der Waals surface area contributed by atoms with E-state index in [1.165, 1.54) is 0 Å². The van der Waals surface area contributed by atoms with Crippen LogP contribution >= 0.6 is 34.8 Å². The molecule has 1 fully saturated rings. The monoisotopic (exact) mass is 495 g/mol. The van der Waals surface area contributed by atoms with Crippen LogP contribution in [0.5, 0.6) is 0 Å². The van der Waals surface area contributed by atoms with E-state index in [9.17, 15) is 19.2 Å². The van der Waals surface area contributed by atoms with Gasteiger partial charge in [-0.15, -0.1) is 0 Å². The molecule has 0 aliphatic carbocycles. The molecule has 1 aliphatic rings. The van der Waals surface area contributed by atoms with Crippen molar-refractivity contribution in [3.8, 4) is 0 Å². The summed E-state index contributed by atoms with van der Waals surface area (Å²) in [6.07, 6.45) is -7.25. The Balaban J connectivity index is 3.37. The average Bonchev–Trinajstić information content (AvgIpc) is 2.56. The zero-order valence-corrected chi connectivity index (χ0v) is 18.6. The van der Waals surface area contributed by atoms with Crippen molar-refractivity contribution in [3.63, 3.8) is 0 Å². The predicted octanol–water partition coefficient (Wildman–Crippen LogP) is 1.43. The van der Waals surface area contributed by atoms with Crippen LogP contribution in [0.2, 0.25) is 0 Å². The summed E-state index contributed by atoms with van der Waals surface area (Å²) in [6, 6.07) is 0. The lowest BCUT2D eigenvalue weighted by molar-refractivity contribution is -0.292. The van der Waals surface area contributed by atoms with Gasteiger partial charge in [0.25, 0.3) is 3.79 Å². The molecule has 0 amide bonds. The molecule has 0 radical (unpaired) electrons. The third-order valence-corrected chi connectivity index (χ3v) is 3.95. The standard InChI is InChI=1S/C16H20Cl3NO10/c1-6(21)25-5-10-11(26-7(2)22)12(27-8(3)23)13(28-9(4)24)14(29-10)30-15(20)16(17,18)19/h10-14,20H,5H2,1-4H3/t10-,11-,12+,13-,14-/m1/s1/i5+1,10+1,11+1,14+1. The Bertz CT molecular complexity index is 695. The van der Waals surface area contributed by atoms with E-state index in [1.807, 2.05) is 0 Å². The van der Waals surface area contributed by atoms with E-state index in [-0.39, 0.29) is 0 Å². The number of rotatable bonds is 6. The number of carbonyl (C=O) groups is 4. The van der Waals surface area contributed by atoms with Crippen LogP contribution in [0.25, 0.3) is 0 Å². The molecule has 1 aliphatic heterocycles. The second-order valence-electron chi connectivity index (χ2n) is 6.01. The lowest BCUT2D eigenvalue weighted by Gasteiger charge is -2.44. The van der Waals surface area contributed by atoms with E-state index in [0.717, 1.165) is 27.7 Å². The molecule has 1 saturated heterocycles. The number of ether oxygens (including phenoxy) is 6. The molecular formula is C16H20Cl3NO10. The highest BCUT2D eigenvalue weighted by Gasteiger charge is 2.54. The van der Waals surface area contributed by atoms with Crippen LogP contribution in [0.3, 0.4) is 0 Å². The van der Waals surface area contributed by atoms with Gasteiger partial charge in [0.2, 0.25) is 18.3 Å². The zero-order valence-electron chi connectivity index (χ0n) is 16.3. The zero-order chi connectivity index (χ0) is 23.2. The van der Waals surface area contributed by atoms with Crippen LogP contribution in [0, 0.1) is 5.41 Å². The molecule has 1 heterocycles. The molecule has 30 heavy (non-hydrogen) atoms. The SMILES string of the molecule is CC(=O)O[13CH2][13C@H]1O[13C@H](OC(=N)C(Cl)(Cl)Cl)[C@H](OC(C)=O)[C@@H](OC(C)=O)[13C@@H]1OC(C)=O. The van der Waals surface area contributed by atoms with Gasteiger partial charge in [-0.05, 0) is 0 Å². The van der Waals surface area contributed by atoms with Gasteiger partial charge in [-0.3, -0.25) is 24.6 Å². The highest BCUT2D eigenvalue weighted by atomic mass is 35.6. The molecule has 0 bridgehead atoms. The minimum atomic E-state index is -2.29. The molecule has 1 N–H and O–H groups in total. The molecule has 14 heteroatoms. The lowest BCUT2D eigenvalue weighted by atomic mass is 10.3. The maximum atomic E-state index is 11.7. The highest BCUT2D eigenvalue weighted by Crippen LogP contribution is 2.33. The molecule has 0 saturated carbocycles. The second kappa shape index (κ2) is 11.0. The minimum absolute atomic E-state index is 0.460. The molecule has 1 rings (SSSR count). The number of esters is 4. The molecule has 11 nitrogen and oxygen atoms in total. The number of alkyl halides is 3. The van der Waals surface area contributed by atoms with E-state index in [0.29, 0.717) is 0 Å². The fraction of sp³-hybridized carbons (Fsp3) is 0.688. The number of hydrogen-bond acceptors (Lipinski definition) is 11. The number of hydrogen-bond donors (Lipinski definition) is 1. The number of halogens is 3. The maximum absolute atomic E-state index is 11.7. The molecule has 170 valence electrons. The lowest BCUT2D eigenvalue weighted by Crippen LogP contribution is -2.63. The molecule has 0 aromatic carbocycles. The van der Waals surface area contributed by atoms with Crippen molar-refractivity contribution in [1.82, 2.24) is 0 Å². The summed E-state index contributed by atoms with van der Waals surface area (Å²) in [5, 5.41) is 7.74. The van der Waals surface area contributed by atoms with E-state index < -0.39 is 70.9 Å². The van der Waals surface area contributed by atoms with Gasteiger partial charge < -0.3 is 28.4 Å². The normalized spacial score (nSPS) is 26.2. The van der Waals surface area contributed by atoms with E-state index in [2.05, 4.69) is 0 Å². The Hall–Kier alpha value is -1.82. The molecule has 0 unspecified atom stereocenters. The topological polar surface area (TPSA) is 148 Å². The molecule has 5 atom stereocenters.